The van der Waals surface area contributed by atoms with Crippen LogP contribution in [0.4, 0.5) is 43.9 Å². The molecule has 2 aliphatic carbocycles. The molecule has 306 valence electrons. The second kappa shape index (κ2) is 20.2. The van der Waals surface area contributed by atoms with Gasteiger partial charge in [0.1, 0.15) is 11.5 Å². The van der Waals surface area contributed by atoms with Crippen molar-refractivity contribution in [2.75, 3.05) is 0 Å². The van der Waals surface area contributed by atoms with Gasteiger partial charge in [0.25, 0.3) is 11.8 Å². The number of amides is 1. The van der Waals surface area contributed by atoms with Crippen LogP contribution >= 0.6 is 12.4 Å². The fourth-order valence-electron chi connectivity index (χ4n) is 5.00. The molecule has 0 aliphatic heterocycles. The lowest BCUT2D eigenvalue weighted by atomic mass is 9.74. The van der Waals surface area contributed by atoms with Crippen molar-refractivity contribution in [1.29, 1.82) is 0 Å². The van der Waals surface area contributed by atoms with Crippen LogP contribution in [-0.2, 0) is 9.59 Å². The van der Waals surface area contributed by atoms with Gasteiger partial charge >= 0.3 is 18.7 Å². The Kier molecular flexibility index (Phi) is 18.9. The van der Waals surface area contributed by atoms with Crippen LogP contribution in [0.15, 0.2) is 48.5 Å². The zero-order valence-electron chi connectivity index (χ0n) is 29.0. The fourth-order valence-corrected chi connectivity index (χ4v) is 5.00. The number of nitrogens with two attached hydrogens (primary N) is 1. The van der Waals surface area contributed by atoms with Gasteiger partial charge in [0.15, 0.2) is 0 Å². The van der Waals surface area contributed by atoms with E-state index >= 15 is 0 Å². The Balaban J connectivity index is 0. The number of nitrogens with one attached hydrogen (secondary N) is 1. The van der Waals surface area contributed by atoms with Crippen molar-refractivity contribution in [3.05, 3.63) is 59.7 Å². The van der Waals surface area contributed by atoms with Crippen LogP contribution in [0.5, 0.6) is 11.5 Å². The van der Waals surface area contributed by atoms with Gasteiger partial charge in [0.2, 0.25) is 5.91 Å². The predicted molar refractivity (Wildman–Crippen MR) is 176 cm³/mol. The first kappa shape index (κ1) is 49.5. The summed E-state index contributed by atoms with van der Waals surface area (Å²) < 4.78 is 136. The molecule has 2 aromatic rings. The smallest absolute Gasteiger partial charge is 0.481 e. The number of aliphatic carboxylic acids is 1. The van der Waals surface area contributed by atoms with Crippen molar-refractivity contribution in [2.24, 2.45) is 5.73 Å². The van der Waals surface area contributed by atoms with Crippen molar-refractivity contribution in [2.45, 2.75) is 121 Å². The number of carboxylic acids is 1. The number of aliphatic hydroxyl groups is 2. The highest BCUT2D eigenvalue weighted by Gasteiger charge is 2.57. The van der Waals surface area contributed by atoms with Crippen LogP contribution in [0.3, 0.4) is 0 Å². The predicted octanol–water partition coefficient (Wildman–Crippen LogP) is 8.62. The Morgan fingerprint density at radius 3 is 1.53 bits per heavy atom. The molecule has 2 aliphatic rings. The number of alkyl halides is 10. The second-order valence-electron chi connectivity index (χ2n) is 11.9. The number of rotatable bonds is 9. The molecule has 0 unspecified atom stereocenters. The Morgan fingerprint density at radius 1 is 0.830 bits per heavy atom. The van der Waals surface area contributed by atoms with Crippen LogP contribution in [0.25, 0.3) is 0 Å². The van der Waals surface area contributed by atoms with Crippen LogP contribution < -0.4 is 20.5 Å². The molecule has 9 nitrogen and oxygen atoms in total. The number of ether oxygens (including phenoxy) is 2. The van der Waals surface area contributed by atoms with Crippen molar-refractivity contribution < 1.29 is 79.7 Å². The standard InChI is InChI=1S/C15H16F5NO3.C9H10F3NO.C6H8F2O3.C2H6.CH4.ClH/c1-9(10-3-2-4-11(5-10)24-15(18,19)20)21-12(22)6-13(23)7-14(16,17)8-13;1-6(13)7-3-2-4-8(5-7)14-9(10,11)12;7-6(8)2-5(11,3-6)1-4(9)10;1-2;;/h2-5,9,23H,6-8H2,1H3,(H,21,22);2-6H,13H2,1H3;11H,1-3H2,(H,9,10);1-2H3;1H4;1H/t9-;6-;;;;/m00..../s1/i;;;1D;;. The normalized spacial score (nSPS) is 18.4. The topological polar surface area (TPSA) is 151 Å². The minimum atomic E-state index is -4.83. The molecule has 20 heteroatoms. The lowest BCUT2D eigenvalue weighted by Crippen LogP contribution is -2.54. The molecule has 0 radical (unpaired) electrons. The number of hydrogen-bond acceptors (Lipinski definition) is 7. The van der Waals surface area contributed by atoms with Crippen molar-refractivity contribution in [3.8, 4) is 11.5 Å². The number of halogens is 11. The summed E-state index contributed by atoms with van der Waals surface area (Å²) in [4.78, 5) is 21.8. The highest BCUT2D eigenvalue weighted by molar-refractivity contribution is 5.85. The summed E-state index contributed by atoms with van der Waals surface area (Å²) in [5, 5.41) is 29.5. The van der Waals surface area contributed by atoms with E-state index in [2.05, 4.69) is 14.8 Å². The number of benzene rings is 2. The number of carbonyl (C=O) groups is 2. The third-order valence-corrected chi connectivity index (χ3v) is 6.91. The summed E-state index contributed by atoms with van der Waals surface area (Å²) in [5.41, 5.74) is 3.04. The van der Waals surface area contributed by atoms with Crippen LogP contribution in [0.1, 0.15) is 98.2 Å². The summed E-state index contributed by atoms with van der Waals surface area (Å²) in [5.74, 6) is -8.43. The van der Waals surface area contributed by atoms with E-state index in [1.165, 1.54) is 37.3 Å². The molecule has 0 aromatic heterocycles. The average Bonchev–Trinajstić information content (AvgIpc) is 2.89. The summed E-state index contributed by atoms with van der Waals surface area (Å²) in [6.07, 6.45) is -13.6. The lowest BCUT2D eigenvalue weighted by Gasteiger charge is -2.42. The molecule has 2 saturated carbocycles. The van der Waals surface area contributed by atoms with Crippen LogP contribution in [0.2, 0.25) is 0 Å². The summed E-state index contributed by atoms with van der Waals surface area (Å²) in [6, 6.07) is 9.69. The SMILES string of the molecule is C.C[C@H](N)c1cccc(OC(F)(F)F)c1.C[C@H](NC(=O)CC1(O)CC(F)(F)C1)c1cccc(OC(F)(F)F)c1.Cl.O=C(O)CC1(O)CC(F)(F)C1.[2H]CC. The Labute approximate surface area is 307 Å². The van der Waals surface area contributed by atoms with Gasteiger partial charge in [-0.05, 0) is 49.2 Å². The van der Waals surface area contributed by atoms with E-state index in [1.54, 1.807) is 19.9 Å². The van der Waals surface area contributed by atoms with E-state index in [-0.39, 0.29) is 31.6 Å². The Bertz CT molecular complexity index is 1450. The van der Waals surface area contributed by atoms with Gasteiger partial charge in [-0.1, -0.05) is 45.5 Å². The second-order valence-corrected chi connectivity index (χ2v) is 11.9. The van der Waals surface area contributed by atoms with E-state index in [4.69, 9.17) is 17.3 Å². The maximum Gasteiger partial charge on any atom is 0.573 e. The minimum Gasteiger partial charge on any atom is -0.481 e. The highest BCUT2D eigenvalue weighted by Crippen LogP contribution is 2.48. The van der Waals surface area contributed by atoms with Gasteiger partial charge < -0.3 is 35.8 Å². The molecular weight excluding hydrogens is 762 g/mol. The van der Waals surface area contributed by atoms with Crippen molar-refractivity contribution in [3.63, 3.8) is 0 Å². The molecule has 53 heavy (non-hydrogen) atoms. The van der Waals surface area contributed by atoms with Crippen molar-refractivity contribution in [1.82, 2.24) is 5.32 Å². The molecule has 2 atom stereocenters. The van der Waals surface area contributed by atoms with E-state index in [0.29, 0.717) is 18.0 Å². The maximum atomic E-state index is 12.8. The molecule has 2 fully saturated rings. The molecule has 0 bridgehead atoms. The monoisotopic (exact) mass is 807 g/mol. The van der Waals surface area contributed by atoms with Gasteiger partial charge in [0.05, 0.1) is 30.1 Å². The molecule has 0 saturated heterocycles. The Morgan fingerprint density at radius 2 is 1.19 bits per heavy atom. The molecule has 4 rings (SSSR count). The molecule has 2 aromatic carbocycles. The van der Waals surface area contributed by atoms with E-state index in [0.717, 1.165) is 12.1 Å². The first-order valence-electron chi connectivity index (χ1n) is 15.7. The first-order chi connectivity index (χ1) is 23.5. The van der Waals surface area contributed by atoms with Crippen LogP contribution in [-0.4, -0.2) is 63.0 Å². The van der Waals surface area contributed by atoms with E-state index < -0.39 is 98.0 Å². The average molecular weight is 808 g/mol. The zero-order chi connectivity index (χ0) is 40.3. The number of carboxylic acid groups (broad SMARTS) is 1. The molecular formula is C33H45ClF10N2O7. The van der Waals surface area contributed by atoms with Gasteiger partial charge in [-0.2, -0.15) is 0 Å². The third kappa shape index (κ3) is 19.9. The Hall–Kier alpha value is -3.55. The number of carbonyl (C=O) groups excluding carboxylic acids is 1. The van der Waals surface area contributed by atoms with E-state index in [1.807, 2.05) is 0 Å². The maximum absolute atomic E-state index is 12.8. The third-order valence-electron chi connectivity index (χ3n) is 6.91. The first-order valence-corrected chi connectivity index (χ1v) is 15.0. The lowest BCUT2D eigenvalue weighted by molar-refractivity contribution is -0.275. The van der Waals surface area contributed by atoms with Crippen molar-refractivity contribution >= 4 is 24.3 Å². The fraction of sp³-hybridized carbons (Fsp3) is 0.576. The quantitative estimate of drug-likeness (QED) is 0.158. The summed E-state index contributed by atoms with van der Waals surface area (Å²) in [6.45, 7) is 5.50. The number of hydrogen-bond donors (Lipinski definition) is 5. The summed E-state index contributed by atoms with van der Waals surface area (Å²) in [7, 11) is 0. The van der Waals surface area contributed by atoms with Gasteiger partial charge in [-0.15, -0.1) is 38.7 Å². The van der Waals surface area contributed by atoms with E-state index in [9.17, 15) is 58.6 Å². The van der Waals surface area contributed by atoms with Gasteiger partial charge in [-0.25, -0.2) is 17.6 Å². The minimum absolute atomic E-state index is 0. The highest BCUT2D eigenvalue weighted by atomic mass is 35.5. The molecule has 0 heterocycles. The molecule has 1 amide bonds. The molecule has 0 spiro atoms. The molecule has 6 N–H and O–H groups in total. The largest absolute Gasteiger partial charge is 0.573 e. The summed E-state index contributed by atoms with van der Waals surface area (Å²) >= 11 is 0. The zero-order valence-corrected chi connectivity index (χ0v) is 28.8. The van der Waals surface area contributed by atoms with Gasteiger partial charge in [-0.3, -0.25) is 9.59 Å². The van der Waals surface area contributed by atoms with Crippen LogP contribution in [0, 0.1) is 0 Å². The van der Waals surface area contributed by atoms with Gasteiger partial charge in [0, 0.05) is 33.1 Å².